The Labute approximate surface area is 182 Å². The Morgan fingerprint density at radius 3 is 2.77 bits per heavy atom. The average Bonchev–Trinajstić information content (AvgIpc) is 2.89. The predicted octanol–water partition coefficient (Wildman–Crippen LogP) is 3.01. The van der Waals surface area contributed by atoms with Gasteiger partial charge in [0.1, 0.15) is 5.82 Å². The molecule has 0 bridgehead atoms. The van der Waals surface area contributed by atoms with Gasteiger partial charge in [0, 0.05) is 24.5 Å². The Kier molecular flexibility index (Phi) is 5.68. The zero-order valence-corrected chi connectivity index (χ0v) is 18.4. The van der Waals surface area contributed by atoms with Crippen LogP contribution in [-0.4, -0.2) is 37.6 Å². The normalized spacial score (nSPS) is 16.4. The Morgan fingerprint density at radius 1 is 1.23 bits per heavy atom. The number of fused-ring (bicyclic) bond motifs is 2. The standard InChI is InChI=1S/C23H26N4O3S/c1-3-18(24)23(28)26-20-13-22(25-19-9-8-15(2)12-17(19)20)27-10-11-31(29,30)21-7-5-4-6-16(21)14-27/h4-9,12-13,18H,3,10-11,14,24H2,1-2H3,(H,25,26,28). The summed E-state index contributed by atoms with van der Waals surface area (Å²) in [6.45, 7) is 4.57. The van der Waals surface area contributed by atoms with Crippen LogP contribution < -0.4 is 16.0 Å². The maximum absolute atomic E-state index is 12.7. The number of sulfone groups is 1. The number of aromatic nitrogens is 1. The Morgan fingerprint density at radius 2 is 2.00 bits per heavy atom. The lowest BCUT2D eigenvalue weighted by molar-refractivity contribution is -0.117. The van der Waals surface area contributed by atoms with Crippen molar-refractivity contribution in [1.29, 1.82) is 0 Å². The third-order valence-corrected chi connectivity index (χ3v) is 7.40. The van der Waals surface area contributed by atoms with Crippen LogP contribution in [0.2, 0.25) is 0 Å². The molecule has 0 saturated carbocycles. The smallest absolute Gasteiger partial charge is 0.241 e. The molecule has 1 aliphatic rings. The summed E-state index contributed by atoms with van der Waals surface area (Å²) in [5, 5.41) is 3.77. The third kappa shape index (κ3) is 4.26. The number of rotatable bonds is 4. The summed E-state index contributed by atoms with van der Waals surface area (Å²) in [7, 11) is -3.37. The molecule has 162 valence electrons. The van der Waals surface area contributed by atoms with Crippen molar-refractivity contribution in [2.24, 2.45) is 5.73 Å². The van der Waals surface area contributed by atoms with Crippen LogP contribution in [0.15, 0.2) is 53.4 Å². The van der Waals surface area contributed by atoms with E-state index in [1.807, 2.05) is 55.1 Å². The lowest BCUT2D eigenvalue weighted by Crippen LogP contribution is -2.35. The Balaban J connectivity index is 1.79. The molecule has 0 aliphatic carbocycles. The number of nitrogens with two attached hydrogens (primary N) is 1. The highest BCUT2D eigenvalue weighted by Crippen LogP contribution is 2.31. The van der Waals surface area contributed by atoms with Crippen molar-refractivity contribution in [3.63, 3.8) is 0 Å². The van der Waals surface area contributed by atoms with E-state index in [1.165, 1.54) is 0 Å². The van der Waals surface area contributed by atoms with Crippen molar-refractivity contribution in [2.45, 2.75) is 37.8 Å². The number of nitrogens with one attached hydrogen (secondary N) is 1. The van der Waals surface area contributed by atoms with Gasteiger partial charge in [0.25, 0.3) is 0 Å². The molecule has 1 atom stereocenters. The molecule has 8 heteroatoms. The number of hydrogen-bond acceptors (Lipinski definition) is 6. The van der Waals surface area contributed by atoms with Crippen LogP contribution in [0.4, 0.5) is 11.5 Å². The summed E-state index contributed by atoms with van der Waals surface area (Å²) in [5.41, 5.74) is 9.06. The van der Waals surface area contributed by atoms with Gasteiger partial charge in [0.15, 0.2) is 9.84 Å². The maximum atomic E-state index is 12.7. The molecule has 0 spiro atoms. The van der Waals surface area contributed by atoms with Crippen LogP contribution in [0, 0.1) is 6.92 Å². The molecular formula is C23H26N4O3S. The lowest BCUT2D eigenvalue weighted by atomic mass is 10.1. The molecule has 1 aromatic heterocycles. The van der Waals surface area contributed by atoms with E-state index in [-0.39, 0.29) is 11.7 Å². The minimum atomic E-state index is -3.37. The van der Waals surface area contributed by atoms with Gasteiger partial charge in [-0.25, -0.2) is 13.4 Å². The number of pyridine rings is 1. The number of anilines is 2. The first-order valence-corrected chi connectivity index (χ1v) is 12.0. The number of nitrogens with zero attached hydrogens (tertiary/aromatic N) is 2. The molecule has 2 aromatic carbocycles. The van der Waals surface area contributed by atoms with E-state index in [4.69, 9.17) is 10.7 Å². The fraction of sp³-hybridized carbons (Fsp3) is 0.304. The van der Waals surface area contributed by atoms with Crippen molar-refractivity contribution in [1.82, 2.24) is 4.98 Å². The van der Waals surface area contributed by atoms with Crippen LogP contribution in [0.5, 0.6) is 0 Å². The monoisotopic (exact) mass is 438 g/mol. The largest absolute Gasteiger partial charge is 0.351 e. The number of amides is 1. The number of benzene rings is 2. The Hall–Kier alpha value is -2.97. The molecular weight excluding hydrogens is 412 g/mol. The van der Waals surface area contributed by atoms with E-state index < -0.39 is 15.9 Å². The van der Waals surface area contributed by atoms with Crippen molar-refractivity contribution < 1.29 is 13.2 Å². The average molecular weight is 439 g/mol. The summed E-state index contributed by atoms with van der Waals surface area (Å²) < 4.78 is 25.4. The highest BCUT2D eigenvalue weighted by Gasteiger charge is 2.26. The molecule has 0 fully saturated rings. The van der Waals surface area contributed by atoms with Gasteiger partial charge in [-0.15, -0.1) is 0 Å². The van der Waals surface area contributed by atoms with Crippen LogP contribution >= 0.6 is 0 Å². The molecule has 1 amide bonds. The number of hydrogen-bond donors (Lipinski definition) is 2. The number of carbonyl (C=O) groups excluding carboxylic acids is 1. The molecule has 2 heterocycles. The number of aryl methyl sites for hydroxylation is 1. The lowest BCUT2D eigenvalue weighted by Gasteiger charge is -2.23. The highest BCUT2D eigenvalue weighted by atomic mass is 32.2. The van der Waals surface area contributed by atoms with Gasteiger partial charge in [-0.05, 0) is 37.1 Å². The van der Waals surface area contributed by atoms with Gasteiger partial charge in [-0.1, -0.05) is 36.8 Å². The van der Waals surface area contributed by atoms with E-state index in [9.17, 15) is 13.2 Å². The summed E-state index contributed by atoms with van der Waals surface area (Å²) in [6.07, 6.45) is 0.529. The van der Waals surface area contributed by atoms with Gasteiger partial charge in [-0.2, -0.15) is 0 Å². The minimum Gasteiger partial charge on any atom is -0.351 e. The minimum absolute atomic E-state index is 0.0000293. The first kappa shape index (κ1) is 21.3. The van der Waals surface area contributed by atoms with E-state index in [2.05, 4.69) is 5.32 Å². The first-order chi connectivity index (χ1) is 14.8. The highest BCUT2D eigenvalue weighted by molar-refractivity contribution is 7.91. The molecule has 0 radical (unpaired) electrons. The van der Waals surface area contributed by atoms with Crippen LogP contribution in [0.3, 0.4) is 0 Å². The first-order valence-electron chi connectivity index (χ1n) is 10.3. The molecule has 0 saturated heterocycles. The molecule has 7 nitrogen and oxygen atoms in total. The zero-order chi connectivity index (χ0) is 22.2. The van der Waals surface area contributed by atoms with Gasteiger partial charge in [0.05, 0.1) is 27.9 Å². The molecule has 4 rings (SSSR count). The van der Waals surface area contributed by atoms with Crippen molar-refractivity contribution in [3.8, 4) is 0 Å². The quantitative estimate of drug-likeness (QED) is 0.649. The van der Waals surface area contributed by atoms with Crippen molar-refractivity contribution >= 4 is 38.2 Å². The van der Waals surface area contributed by atoms with Crippen molar-refractivity contribution in [3.05, 3.63) is 59.7 Å². The second-order valence-electron chi connectivity index (χ2n) is 7.90. The van der Waals surface area contributed by atoms with Crippen LogP contribution in [0.25, 0.3) is 10.9 Å². The van der Waals surface area contributed by atoms with Gasteiger partial charge in [-0.3, -0.25) is 4.79 Å². The molecule has 31 heavy (non-hydrogen) atoms. The van der Waals surface area contributed by atoms with E-state index >= 15 is 0 Å². The fourth-order valence-corrected chi connectivity index (χ4v) is 5.26. The van der Waals surface area contributed by atoms with Gasteiger partial charge >= 0.3 is 0 Å². The van der Waals surface area contributed by atoms with Gasteiger partial charge < -0.3 is 16.0 Å². The predicted molar refractivity (Wildman–Crippen MR) is 123 cm³/mol. The zero-order valence-electron chi connectivity index (χ0n) is 17.6. The molecule has 1 aliphatic heterocycles. The SMILES string of the molecule is CCC(N)C(=O)Nc1cc(N2CCS(=O)(=O)c3ccccc3C2)nc2ccc(C)cc12. The van der Waals surface area contributed by atoms with Crippen LogP contribution in [0.1, 0.15) is 24.5 Å². The van der Waals surface area contributed by atoms with E-state index in [1.54, 1.807) is 12.1 Å². The van der Waals surface area contributed by atoms with E-state index in [0.29, 0.717) is 35.9 Å². The molecule has 3 N–H and O–H groups in total. The summed E-state index contributed by atoms with van der Waals surface area (Å²) in [5.74, 6) is 0.356. The maximum Gasteiger partial charge on any atom is 0.241 e. The van der Waals surface area contributed by atoms with Crippen LogP contribution in [-0.2, 0) is 21.2 Å². The second kappa shape index (κ2) is 8.28. The molecule has 3 aromatic rings. The molecule has 1 unspecified atom stereocenters. The fourth-order valence-electron chi connectivity index (χ4n) is 3.76. The summed E-state index contributed by atoms with van der Waals surface area (Å²) in [6, 6.07) is 14.1. The third-order valence-electron chi connectivity index (χ3n) is 5.61. The summed E-state index contributed by atoms with van der Waals surface area (Å²) >= 11 is 0. The Bertz CT molecular complexity index is 1260. The second-order valence-corrected chi connectivity index (χ2v) is 9.98. The number of carbonyl (C=O) groups is 1. The van der Waals surface area contributed by atoms with Gasteiger partial charge in [0.2, 0.25) is 5.91 Å². The summed E-state index contributed by atoms with van der Waals surface area (Å²) in [4.78, 5) is 19.6. The van der Waals surface area contributed by atoms with Crippen molar-refractivity contribution in [2.75, 3.05) is 22.5 Å². The van der Waals surface area contributed by atoms with E-state index in [0.717, 1.165) is 22.0 Å². The topological polar surface area (TPSA) is 105 Å².